The molecule has 13 heavy (non-hydrogen) atoms. The van der Waals surface area contributed by atoms with E-state index in [-0.39, 0.29) is 0 Å². The Kier molecular flexibility index (Phi) is 6.64. The lowest BCUT2D eigenvalue weighted by Gasteiger charge is -2.29. The molecule has 0 heterocycles. The van der Waals surface area contributed by atoms with Crippen LogP contribution in [0.1, 0.15) is 34.6 Å². The highest BCUT2D eigenvalue weighted by Crippen LogP contribution is 2.19. The van der Waals surface area contributed by atoms with Crippen LogP contribution in [-0.2, 0) is 8.85 Å². The second kappa shape index (κ2) is 6.57. The second-order valence-corrected chi connectivity index (χ2v) is 7.57. The molecule has 0 unspecified atom stereocenters. The number of hydrogen-bond donors (Lipinski definition) is 0. The zero-order valence-corrected chi connectivity index (χ0v) is 10.7. The van der Waals surface area contributed by atoms with E-state index in [0.29, 0.717) is 5.92 Å². The molecule has 0 spiro atoms. The second-order valence-electron chi connectivity index (χ2n) is 3.76. The van der Waals surface area contributed by atoms with Gasteiger partial charge in [0.1, 0.15) is 0 Å². The Hall–Kier alpha value is 0.137. The molecule has 0 bridgehead atoms. The third kappa shape index (κ3) is 4.79. The zero-order chi connectivity index (χ0) is 10.3. The summed E-state index contributed by atoms with van der Waals surface area (Å²) in [6.07, 6.45) is 0. The molecule has 0 aromatic carbocycles. The van der Waals surface area contributed by atoms with Gasteiger partial charge in [0, 0.05) is 13.2 Å². The van der Waals surface area contributed by atoms with E-state index in [2.05, 4.69) is 27.7 Å². The van der Waals surface area contributed by atoms with Crippen LogP contribution in [0.5, 0.6) is 0 Å². The van der Waals surface area contributed by atoms with E-state index in [0.717, 1.165) is 25.3 Å². The highest BCUT2D eigenvalue weighted by atomic mass is 28.4. The summed E-state index contributed by atoms with van der Waals surface area (Å²) in [5.74, 6) is 0.602. The zero-order valence-electron chi connectivity index (χ0n) is 9.72. The molecule has 0 radical (unpaired) electrons. The van der Waals surface area contributed by atoms with Crippen molar-refractivity contribution in [1.82, 2.24) is 0 Å². The fourth-order valence-corrected chi connectivity index (χ4v) is 3.84. The molecule has 0 amide bonds. The van der Waals surface area contributed by atoms with Crippen molar-refractivity contribution >= 4 is 8.56 Å². The van der Waals surface area contributed by atoms with E-state index in [1.54, 1.807) is 0 Å². The first-order valence-electron chi connectivity index (χ1n) is 5.38. The Morgan fingerprint density at radius 2 is 1.54 bits per heavy atom. The summed E-state index contributed by atoms with van der Waals surface area (Å²) < 4.78 is 11.7. The van der Waals surface area contributed by atoms with E-state index in [4.69, 9.17) is 8.85 Å². The number of rotatable bonds is 7. The average Bonchev–Trinajstić information content (AvgIpc) is 2.12. The Balaban J connectivity index is 4.04. The Morgan fingerprint density at radius 1 is 1.00 bits per heavy atom. The highest BCUT2D eigenvalue weighted by molar-refractivity contribution is 6.67. The monoisotopic (exact) mass is 204 g/mol. The molecular weight excluding hydrogens is 180 g/mol. The van der Waals surface area contributed by atoms with E-state index in [1.807, 2.05) is 6.92 Å². The maximum absolute atomic E-state index is 5.95. The molecule has 0 aromatic heterocycles. The van der Waals surface area contributed by atoms with Crippen LogP contribution < -0.4 is 0 Å². The van der Waals surface area contributed by atoms with Crippen molar-refractivity contribution in [3.63, 3.8) is 0 Å². The predicted molar refractivity (Wildman–Crippen MR) is 59.1 cm³/mol. The smallest absolute Gasteiger partial charge is 0.337 e. The molecular formula is C10H24O2Si. The van der Waals surface area contributed by atoms with Crippen LogP contribution >= 0.6 is 0 Å². The van der Waals surface area contributed by atoms with Crippen molar-refractivity contribution in [2.45, 2.75) is 46.7 Å². The lowest BCUT2D eigenvalue weighted by atomic mass is 10.2. The molecule has 3 heteroatoms. The Bertz CT molecular complexity index is 122. The first-order chi connectivity index (χ1) is 6.10. The van der Waals surface area contributed by atoms with E-state index in [1.165, 1.54) is 0 Å². The van der Waals surface area contributed by atoms with Crippen LogP contribution in [0.2, 0.25) is 12.1 Å². The molecule has 0 saturated heterocycles. The van der Waals surface area contributed by atoms with Crippen LogP contribution in [0.25, 0.3) is 0 Å². The van der Waals surface area contributed by atoms with Crippen LogP contribution in [0.4, 0.5) is 0 Å². The van der Waals surface area contributed by atoms with E-state index >= 15 is 0 Å². The van der Waals surface area contributed by atoms with Gasteiger partial charge >= 0.3 is 8.56 Å². The quantitative estimate of drug-likeness (QED) is 0.593. The van der Waals surface area contributed by atoms with Gasteiger partial charge in [0.25, 0.3) is 0 Å². The topological polar surface area (TPSA) is 18.5 Å². The van der Waals surface area contributed by atoms with Gasteiger partial charge in [0.05, 0.1) is 0 Å². The SMILES string of the molecule is CCO[Si](CC)(CC)OCC(C)C. The molecule has 0 N–H and O–H groups in total. The molecule has 0 aliphatic rings. The summed E-state index contributed by atoms with van der Waals surface area (Å²) in [6, 6.07) is 2.12. The fraction of sp³-hybridized carbons (Fsp3) is 1.00. The van der Waals surface area contributed by atoms with Crippen LogP contribution in [-0.4, -0.2) is 21.8 Å². The first-order valence-corrected chi connectivity index (χ1v) is 7.61. The van der Waals surface area contributed by atoms with Gasteiger partial charge in [0.2, 0.25) is 0 Å². The third-order valence-electron chi connectivity index (χ3n) is 2.16. The van der Waals surface area contributed by atoms with Crippen molar-refractivity contribution in [2.24, 2.45) is 5.92 Å². The third-order valence-corrected chi connectivity index (χ3v) is 5.83. The first kappa shape index (κ1) is 13.1. The molecule has 0 aliphatic heterocycles. The summed E-state index contributed by atoms with van der Waals surface area (Å²) in [5, 5.41) is 0. The van der Waals surface area contributed by atoms with Crippen LogP contribution in [0.15, 0.2) is 0 Å². The molecule has 0 saturated carbocycles. The molecule has 0 rings (SSSR count). The molecule has 0 atom stereocenters. The number of hydrogen-bond acceptors (Lipinski definition) is 2. The van der Waals surface area contributed by atoms with Gasteiger partial charge in [-0.3, -0.25) is 0 Å². The van der Waals surface area contributed by atoms with Gasteiger partial charge in [-0.05, 0) is 24.9 Å². The molecule has 0 aliphatic carbocycles. The molecule has 0 aromatic rings. The van der Waals surface area contributed by atoms with Gasteiger partial charge in [0.15, 0.2) is 0 Å². The van der Waals surface area contributed by atoms with E-state index < -0.39 is 8.56 Å². The summed E-state index contributed by atoms with van der Waals surface area (Å²) in [5.41, 5.74) is 0. The van der Waals surface area contributed by atoms with Crippen molar-refractivity contribution in [2.75, 3.05) is 13.2 Å². The van der Waals surface area contributed by atoms with Crippen molar-refractivity contribution in [1.29, 1.82) is 0 Å². The largest absolute Gasteiger partial charge is 0.395 e. The Morgan fingerprint density at radius 3 is 1.85 bits per heavy atom. The van der Waals surface area contributed by atoms with Gasteiger partial charge in [-0.1, -0.05) is 27.7 Å². The van der Waals surface area contributed by atoms with Gasteiger partial charge in [-0.15, -0.1) is 0 Å². The summed E-state index contributed by atoms with van der Waals surface area (Å²) in [4.78, 5) is 0. The van der Waals surface area contributed by atoms with Gasteiger partial charge in [-0.2, -0.15) is 0 Å². The summed E-state index contributed by atoms with van der Waals surface area (Å²) in [7, 11) is -1.81. The highest BCUT2D eigenvalue weighted by Gasteiger charge is 2.33. The van der Waals surface area contributed by atoms with Crippen LogP contribution in [0.3, 0.4) is 0 Å². The Labute approximate surface area is 83.9 Å². The normalized spacial score (nSPS) is 12.5. The summed E-state index contributed by atoms with van der Waals surface area (Å²) in [6.45, 7) is 12.4. The van der Waals surface area contributed by atoms with E-state index in [9.17, 15) is 0 Å². The van der Waals surface area contributed by atoms with Gasteiger partial charge in [-0.25, -0.2) is 0 Å². The fourth-order valence-electron chi connectivity index (χ4n) is 1.28. The maximum Gasteiger partial charge on any atom is 0.337 e. The van der Waals surface area contributed by atoms with Crippen molar-refractivity contribution in [3.05, 3.63) is 0 Å². The predicted octanol–water partition coefficient (Wildman–Crippen LogP) is 3.18. The average molecular weight is 204 g/mol. The molecule has 2 nitrogen and oxygen atoms in total. The molecule has 80 valence electrons. The lowest BCUT2D eigenvalue weighted by molar-refractivity contribution is 0.158. The van der Waals surface area contributed by atoms with Crippen LogP contribution in [0, 0.1) is 5.92 Å². The minimum absolute atomic E-state index is 0.602. The summed E-state index contributed by atoms with van der Waals surface area (Å²) >= 11 is 0. The minimum Gasteiger partial charge on any atom is -0.395 e. The van der Waals surface area contributed by atoms with Gasteiger partial charge < -0.3 is 8.85 Å². The van der Waals surface area contributed by atoms with Crippen molar-refractivity contribution < 1.29 is 8.85 Å². The molecule has 0 fully saturated rings. The lowest BCUT2D eigenvalue weighted by Crippen LogP contribution is -2.41. The standard InChI is InChI=1S/C10H24O2Si/c1-6-11-13(7-2,8-3)12-9-10(4)5/h10H,6-9H2,1-5H3. The maximum atomic E-state index is 5.95. The van der Waals surface area contributed by atoms with Crippen molar-refractivity contribution in [3.8, 4) is 0 Å². The minimum atomic E-state index is -1.81.